The minimum Gasteiger partial charge on any atom is -0.315 e. The highest BCUT2D eigenvalue weighted by molar-refractivity contribution is 5.41. The van der Waals surface area contributed by atoms with Crippen molar-refractivity contribution in [1.29, 1.82) is 0 Å². The summed E-state index contributed by atoms with van der Waals surface area (Å²) in [5, 5.41) is 14.4. The van der Waals surface area contributed by atoms with E-state index in [2.05, 4.69) is 10.2 Å². The fourth-order valence-corrected chi connectivity index (χ4v) is 2.46. The third kappa shape index (κ3) is 2.86. The molecule has 1 heterocycles. The highest BCUT2D eigenvalue weighted by atomic mass is 16.6. The molecule has 1 aromatic carbocycles. The molecule has 5 nitrogen and oxygen atoms in total. The molecule has 0 saturated carbocycles. The second-order valence-electron chi connectivity index (χ2n) is 4.63. The third-order valence-corrected chi connectivity index (χ3v) is 3.51. The molecule has 1 N–H and O–H groups in total. The van der Waals surface area contributed by atoms with Crippen molar-refractivity contribution < 1.29 is 4.92 Å². The van der Waals surface area contributed by atoms with Crippen LogP contribution in [0.3, 0.4) is 0 Å². The van der Waals surface area contributed by atoms with E-state index in [1.54, 1.807) is 12.1 Å². The molecule has 0 spiro atoms. The number of hydrogen-bond donors (Lipinski definition) is 1. The van der Waals surface area contributed by atoms with Crippen LogP contribution in [0.4, 0.5) is 5.69 Å². The molecular formula is C13H19N3O2. The average Bonchev–Trinajstić information content (AvgIpc) is 2.66. The first-order chi connectivity index (χ1) is 8.70. The molecule has 1 fully saturated rings. The number of benzene rings is 1. The van der Waals surface area contributed by atoms with E-state index in [1.807, 2.05) is 19.1 Å². The van der Waals surface area contributed by atoms with Crippen molar-refractivity contribution in [3.63, 3.8) is 0 Å². The van der Waals surface area contributed by atoms with Gasteiger partial charge < -0.3 is 5.32 Å². The van der Waals surface area contributed by atoms with Gasteiger partial charge in [-0.15, -0.1) is 0 Å². The molecule has 1 aliphatic rings. The van der Waals surface area contributed by atoms with E-state index < -0.39 is 0 Å². The van der Waals surface area contributed by atoms with E-state index in [-0.39, 0.29) is 16.7 Å². The van der Waals surface area contributed by atoms with Crippen molar-refractivity contribution in [1.82, 2.24) is 10.2 Å². The van der Waals surface area contributed by atoms with Crippen LogP contribution in [0, 0.1) is 10.1 Å². The Morgan fingerprint density at radius 3 is 2.89 bits per heavy atom. The van der Waals surface area contributed by atoms with Crippen LogP contribution in [0.25, 0.3) is 0 Å². The molecule has 1 unspecified atom stereocenters. The molecule has 2 rings (SSSR count). The lowest BCUT2D eigenvalue weighted by atomic mass is 10.0. The van der Waals surface area contributed by atoms with E-state index >= 15 is 0 Å². The average molecular weight is 249 g/mol. The first kappa shape index (κ1) is 13.0. The van der Waals surface area contributed by atoms with E-state index in [1.165, 1.54) is 0 Å². The summed E-state index contributed by atoms with van der Waals surface area (Å²) in [4.78, 5) is 13.1. The Morgan fingerprint density at radius 2 is 2.11 bits per heavy atom. The van der Waals surface area contributed by atoms with Crippen LogP contribution in [0.1, 0.15) is 24.9 Å². The van der Waals surface area contributed by atoms with Gasteiger partial charge >= 0.3 is 0 Å². The van der Waals surface area contributed by atoms with E-state index in [0.29, 0.717) is 0 Å². The summed E-state index contributed by atoms with van der Waals surface area (Å²) in [6, 6.07) is 7.13. The van der Waals surface area contributed by atoms with E-state index in [4.69, 9.17) is 0 Å². The second-order valence-corrected chi connectivity index (χ2v) is 4.63. The van der Waals surface area contributed by atoms with Gasteiger partial charge in [-0.25, -0.2) is 0 Å². The van der Waals surface area contributed by atoms with Gasteiger partial charge in [0.1, 0.15) is 0 Å². The van der Waals surface area contributed by atoms with Gasteiger partial charge in [0.05, 0.1) is 4.92 Å². The number of nitro groups is 1. The summed E-state index contributed by atoms with van der Waals surface area (Å²) >= 11 is 0. The minimum absolute atomic E-state index is 0.0894. The van der Waals surface area contributed by atoms with Gasteiger partial charge in [-0.3, -0.25) is 15.0 Å². The zero-order chi connectivity index (χ0) is 13.0. The molecule has 0 radical (unpaired) electrons. The molecule has 5 heteroatoms. The van der Waals surface area contributed by atoms with Gasteiger partial charge in [0.25, 0.3) is 5.69 Å². The van der Waals surface area contributed by atoms with Crippen molar-refractivity contribution in [3.05, 3.63) is 39.9 Å². The third-order valence-electron chi connectivity index (χ3n) is 3.51. The molecule has 18 heavy (non-hydrogen) atoms. The summed E-state index contributed by atoms with van der Waals surface area (Å²) in [6.45, 7) is 5.95. The Morgan fingerprint density at radius 1 is 1.33 bits per heavy atom. The summed E-state index contributed by atoms with van der Waals surface area (Å²) in [5.74, 6) is 0. The van der Waals surface area contributed by atoms with Crippen LogP contribution in [0.5, 0.6) is 0 Å². The predicted molar refractivity (Wildman–Crippen MR) is 70.6 cm³/mol. The first-order valence-corrected chi connectivity index (χ1v) is 6.38. The zero-order valence-electron chi connectivity index (χ0n) is 10.6. The molecule has 98 valence electrons. The summed E-state index contributed by atoms with van der Waals surface area (Å²) in [6.07, 6.45) is 1.09. The maximum absolute atomic E-state index is 11.1. The van der Waals surface area contributed by atoms with Crippen LogP contribution >= 0.6 is 0 Å². The summed E-state index contributed by atoms with van der Waals surface area (Å²) in [5.41, 5.74) is 1.03. The Labute approximate surface area is 107 Å². The number of hydrogen-bond acceptors (Lipinski definition) is 4. The van der Waals surface area contributed by atoms with Crippen LogP contribution in [0.15, 0.2) is 24.3 Å². The Balaban J connectivity index is 2.21. The smallest absolute Gasteiger partial charge is 0.274 e. The summed E-state index contributed by atoms with van der Waals surface area (Å²) in [7, 11) is 0. The molecule has 1 aromatic rings. The molecule has 0 amide bonds. The van der Waals surface area contributed by atoms with E-state index in [9.17, 15) is 10.1 Å². The van der Waals surface area contributed by atoms with Crippen molar-refractivity contribution in [2.24, 2.45) is 0 Å². The monoisotopic (exact) mass is 249 g/mol. The predicted octanol–water partition coefficient (Wildman–Crippen LogP) is 1.95. The van der Waals surface area contributed by atoms with Crippen molar-refractivity contribution in [2.45, 2.75) is 19.4 Å². The molecular weight excluding hydrogens is 230 g/mol. The van der Waals surface area contributed by atoms with Crippen LogP contribution in [-0.2, 0) is 0 Å². The van der Waals surface area contributed by atoms with E-state index in [0.717, 1.165) is 38.2 Å². The molecule has 1 saturated heterocycles. The van der Waals surface area contributed by atoms with Crippen LogP contribution in [-0.4, -0.2) is 36.0 Å². The van der Waals surface area contributed by atoms with Crippen LogP contribution in [0.2, 0.25) is 0 Å². The van der Waals surface area contributed by atoms with Gasteiger partial charge in [0.2, 0.25) is 0 Å². The fraction of sp³-hybridized carbons (Fsp3) is 0.538. The minimum atomic E-state index is -0.290. The van der Waals surface area contributed by atoms with Crippen molar-refractivity contribution in [3.8, 4) is 0 Å². The van der Waals surface area contributed by atoms with Crippen molar-refractivity contribution >= 4 is 5.69 Å². The van der Waals surface area contributed by atoms with Gasteiger partial charge in [0, 0.05) is 37.3 Å². The van der Waals surface area contributed by atoms with Gasteiger partial charge in [-0.1, -0.05) is 18.2 Å². The quantitative estimate of drug-likeness (QED) is 0.657. The highest BCUT2D eigenvalue weighted by Gasteiger charge is 2.23. The first-order valence-electron chi connectivity index (χ1n) is 6.38. The number of nitro benzene ring substituents is 1. The Bertz CT molecular complexity index is 414. The zero-order valence-corrected chi connectivity index (χ0v) is 10.6. The number of nitrogens with one attached hydrogen (secondary N) is 1. The molecule has 1 aliphatic heterocycles. The Hall–Kier alpha value is -1.46. The van der Waals surface area contributed by atoms with Crippen molar-refractivity contribution in [2.75, 3.05) is 26.2 Å². The molecule has 0 aliphatic carbocycles. The standard InChI is InChI=1S/C13H19N3O2/c1-11(15-9-4-7-14-8-10-15)12-5-2-3-6-13(12)16(17)18/h2-3,5-6,11,14H,4,7-10H2,1H3. The lowest BCUT2D eigenvalue weighted by Gasteiger charge is -2.27. The summed E-state index contributed by atoms with van der Waals surface area (Å²) < 4.78 is 0. The van der Waals surface area contributed by atoms with Gasteiger partial charge in [-0.2, -0.15) is 0 Å². The topological polar surface area (TPSA) is 58.4 Å². The second kappa shape index (κ2) is 5.93. The number of para-hydroxylation sites is 1. The Kier molecular flexibility index (Phi) is 4.28. The van der Waals surface area contributed by atoms with Gasteiger partial charge in [0.15, 0.2) is 0 Å². The molecule has 0 aromatic heterocycles. The fourth-order valence-electron chi connectivity index (χ4n) is 2.46. The number of nitrogens with zero attached hydrogens (tertiary/aromatic N) is 2. The SMILES string of the molecule is CC(c1ccccc1[N+](=O)[O-])N1CCCNCC1. The molecule has 1 atom stereocenters. The normalized spacial score (nSPS) is 19.2. The number of rotatable bonds is 3. The maximum Gasteiger partial charge on any atom is 0.274 e. The van der Waals surface area contributed by atoms with Gasteiger partial charge in [-0.05, 0) is 19.9 Å². The maximum atomic E-state index is 11.1. The highest BCUT2D eigenvalue weighted by Crippen LogP contribution is 2.28. The largest absolute Gasteiger partial charge is 0.315 e. The molecule has 0 bridgehead atoms. The lowest BCUT2D eigenvalue weighted by Crippen LogP contribution is -2.31. The lowest BCUT2D eigenvalue weighted by molar-refractivity contribution is -0.386. The van der Waals surface area contributed by atoms with Crippen LogP contribution < -0.4 is 5.32 Å².